The van der Waals surface area contributed by atoms with Crippen LogP contribution in [0.2, 0.25) is 0 Å². The molecule has 0 saturated carbocycles. The van der Waals surface area contributed by atoms with Crippen molar-refractivity contribution in [2.24, 2.45) is 5.92 Å². The van der Waals surface area contributed by atoms with Crippen molar-refractivity contribution >= 4 is 16.0 Å². The number of rotatable bonds is 4. The van der Waals surface area contributed by atoms with Gasteiger partial charge in [-0.1, -0.05) is 12.2 Å². The fourth-order valence-electron chi connectivity index (χ4n) is 2.03. The molecule has 84 valence electrons. The van der Waals surface area contributed by atoms with Crippen molar-refractivity contribution in [1.29, 1.82) is 0 Å². The van der Waals surface area contributed by atoms with Gasteiger partial charge in [-0.05, 0) is 6.42 Å². The summed E-state index contributed by atoms with van der Waals surface area (Å²) in [6.07, 6.45) is 5.75. The minimum atomic E-state index is -3.40. The van der Waals surface area contributed by atoms with Crippen LogP contribution in [0.4, 0.5) is 0 Å². The second-order valence-electron chi connectivity index (χ2n) is 3.85. The minimum Gasteiger partial charge on any atom is -0.333 e. The van der Waals surface area contributed by atoms with Gasteiger partial charge in [0.05, 0.1) is 24.8 Å². The predicted octanol–water partition coefficient (Wildman–Crippen LogP) is -0.250. The monoisotopic (exact) mass is 231 g/mol. The summed E-state index contributed by atoms with van der Waals surface area (Å²) < 4.78 is 26.0. The molecule has 1 aliphatic heterocycles. The molecule has 15 heavy (non-hydrogen) atoms. The molecule has 0 N–H and O–H groups in total. The molecule has 0 spiro atoms. The third kappa shape index (κ3) is 2.21. The summed E-state index contributed by atoms with van der Waals surface area (Å²) in [5.74, 6) is 0.0906. The normalized spacial score (nSPS) is 29.1. The van der Waals surface area contributed by atoms with E-state index >= 15 is 0 Å². The Morgan fingerprint density at radius 3 is 2.80 bits per heavy atom. The lowest BCUT2D eigenvalue weighted by molar-refractivity contribution is -0.131. The first kappa shape index (κ1) is 10.6. The van der Waals surface area contributed by atoms with Crippen molar-refractivity contribution in [1.82, 2.24) is 4.90 Å². The quantitative estimate of drug-likeness (QED) is 0.494. The highest BCUT2D eigenvalue weighted by atomic mass is 32.2. The van der Waals surface area contributed by atoms with Crippen LogP contribution < -0.4 is 0 Å². The molecule has 1 aliphatic carbocycles. The van der Waals surface area contributed by atoms with Crippen molar-refractivity contribution < 1.29 is 17.4 Å². The van der Waals surface area contributed by atoms with Crippen LogP contribution in [0.5, 0.6) is 0 Å². The fraction of sp³-hybridized carbons (Fsp3) is 0.667. The highest BCUT2D eigenvalue weighted by Gasteiger charge is 2.40. The van der Waals surface area contributed by atoms with E-state index in [1.807, 2.05) is 12.2 Å². The van der Waals surface area contributed by atoms with Gasteiger partial charge in [0.2, 0.25) is 5.91 Å². The van der Waals surface area contributed by atoms with E-state index in [1.165, 1.54) is 0 Å². The molecule has 1 saturated heterocycles. The predicted molar refractivity (Wildman–Crippen MR) is 53.5 cm³/mol. The number of hydrogen-bond acceptors (Lipinski definition) is 4. The van der Waals surface area contributed by atoms with Crippen molar-refractivity contribution in [3.63, 3.8) is 0 Å². The van der Waals surface area contributed by atoms with Crippen molar-refractivity contribution in [2.75, 3.05) is 19.4 Å². The molecule has 0 radical (unpaired) electrons. The number of nitrogens with zero attached hydrogens (tertiary/aromatic N) is 1. The summed E-state index contributed by atoms with van der Waals surface area (Å²) in [6, 6.07) is 0.144. The van der Waals surface area contributed by atoms with Gasteiger partial charge in [0, 0.05) is 6.54 Å². The highest BCUT2D eigenvalue weighted by molar-refractivity contribution is 7.85. The molecule has 2 atom stereocenters. The molecule has 5 nitrogen and oxygen atoms in total. The van der Waals surface area contributed by atoms with Crippen LogP contribution in [0.3, 0.4) is 0 Å². The molecule has 0 aromatic rings. The largest absolute Gasteiger partial charge is 0.333 e. The zero-order valence-corrected chi connectivity index (χ0v) is 9.24. The van der Waals surface area contributed by atoms with Gasteiger partial charge in [-0.15, -0.1) is 0 Å². The van der Waals surface area contributed by atoms with Gasteiger partial charge in [-0.3, -0.25) is 8.98 Å². The summed E-state index contributed by atoms with van der Waals surface area (Å²) in [7, 11) is -3.40. The Morgan fingerprint density at radius 1 is 1.53 bits per heavy atom. The van der Waals surface area contributed by atoms with E-state index in [2.05, 4.69) is 4.18 Å². The maximum absolute atomic E-state index is 11.6. The Hall–Kier alpha value is -0.880. The van der Waals surface area contributed by atoms with Crippen molar-refractivity contribution in [3.8, 4) is 0 Å². The van der Waals surface area contributed by atoms with E-state index in [9.17, 15) is 13.2 Å². The Labute approximate surface area is 88.8 Å². The molecule has 0 aromatic carbocycles. The lowest BCUT2D eigenvalue weighted by atomic mass is 10.1. The smallest absolute Gasteiger partial charge is 0.264 e. The summed E-state index contributed by atoms with van der Waals surface area (Å²) in [5.41, 5.74) is 0. The summed E-state index contributed by atoms with van der Waals surface area (Å²) in [5, 5.41) is 0. The summed E-state index contributed by atoms with van der Waals surface area (Å²) in [6.45, 7) is 0.388. The zero-order chi connectivity index (χ0) is 11.1. The lowest BCUT2D eigenvalue weighted by Gasteiger charge is -2.23. The van der Waals surface area contributed by atoms with Crippen LogP contribution in [0.1, 0.15) is 6.42 Å². The Bertz CT molecular complexity index is 400. The summed E-state index contributed by atoms with van der Waals surface area (Å²) >= 11 is 0. The average molecular weight is 231 g/mol. The third-order valence-electron chi connectivity index (χ3n) is 2.69. The standard InChI is InChI=1S/C9H13NO4S/c1-15(12,13)14-5-4-10-8-3-2-7(6-8)9(10)11/h2-3,7-8H,4-6H2,1H3/t7-,8+/m0/s1. The Kier molecular flexibility index (Phi) is 2.56. The van der Waals surface area contributed by atoms with Crippen LogP contribution in [0.25, 0.3) is 0 Å². The van der Waals surface area contributed by atoms with Gasteiger partial charge in [0.1, 0.15) is 0 Å². The molecule has 1 amide bonds. The van der Waals surface area contributed by atoms with Crippen molar-refractivity contribution in [3.05, 3.63) is 12.2 Å². The van der Waals surface area contributed by atoms with Gasteiger partial charge in [0.25, 0.3) is 10.1 Å². The van der Waals surface area contributed by atoms with E-state index in [0.29, 0.717) is 6.54 Å². The molecule has 2 aliphatic rings. The van der Waals surface area contributed by atoms with Crippen LogP contribution in [-0.2, 0) is 19.1 Å². The van der Waals surface area contributed by atoms with E-state index in [1.54, 1.807) is 4.90 Å². The first-order chi connectivity index (χ1) is 6.97. The lowest BCUT2D eigenvalue weighted by Crippen LogP contribution is -2.37. The van der Waals surface area contributed by atoms with Crippen LogP contribution in [0.15, 0.2) is 12.2 Å². The molecule has 2 bridgehead atoms. The molecular weight excluding hydrogens is 218 g/mol. The van der Waals surface area contributed by atoms with E-state index in [0.717, 1.165) is 12.7 Å². The molecular formula is C9H13NO4S. The van der Waals surface area contributed by atoms with Gasteiger partial charge < -0.3 is 4.90 Å². The Balaban J connectivity index is 1.86. The van der Waals surface area contributed by atoms with Crippen molar-refractivity contribution in [2.45, 2.75) is 12.5 Å². The summed E-state index contributed by atoms with van der Waals surface area (Å²) in [4.78, 5) is 13.3. The first-order valence-electron chi connectivity index (χ1n) is 4.80. The van der Waals surface area contributed by atoms with Crippen LogP contribution >= 0.6 is 0 Å². The highest BCUT2D eigenvalue weighted by Crippen LogP contribution is 2.32. The van der Waals surface area contributed by atoms with E-state index < -0.39 is 10.1 Å². The average Bonchev–Trinajstić information content (AvgIpc) is 2.66. The van der Waals surface area contributed by atoms with E-state index in [4.69, 9.17) is 0 Å². The third-order valence-corrected chi connectivity index (χ3v) is 3.29. The first-order valence-corrected chi connectivity index (χ1v) is 6.62. The molecule has 0 aromatic heterocycles. The van der Waals surface area contributed by atoms with Crippen LogP contribution in [0, 0.1) is 5.92 Å². The molecule has 6 heteroatoms. The fourth-order valence-corrected chi connectivity index (χ4v) is 2.41. The maximum Gasteiger partial charge on any atom is 0.264 e. The van der Waals surface area contributed by atoms with Gasteiger partial charge in [-0.2, -0.15) is 8.42 Å². The number of likely N-dealkylation sites (tertiary alicyclic amines) is 1. The number of carbonyl (C=O) groups excluding carboxylic acids is 1. The Morgan fingerprint density at radius 2 is 2.27 bits per heavy atom. The van der Waals surface area contributed by atoms with Gasteiger partial charge >= 0.3 is 0 Å². The minimum absolute atomic E-state index is 0.00762. The molecule has 1 heterocycles. The maximum atomic E-state index is 11.6. The number of amides is 1. The number of hydrogen-bond donors (Lipinski definition) is 0. The second kappa shape index (κ2) is 3.61. The topological polar surface area (TPSA) is 63.7 Å². The molecule has 2 rings (SSSR count). The zero-order valence-electron chi connectivity index (χ0n) is 8.42. The molecule has 1 fully saturated rings. The SMILES string of the molecule is CS(=O)(=O)OCCN1C(=O)[C@H]2C=C[C@@H]1C2. The molecule has 0 unspecified atom stereocenters. The van der Waals surface area contributed by atoms with Gasteiger partial charge in [-0.25, -0.2) is 0 Å². The van der Waals surface area contributed by atoms with Gasteiger partial charge in [0.15, 0.2) is 0 Å². The number of fused-ring (bicyclic) bond motifs is 2. The number of carbonyl (C=O) groups is 1. The van der Waals surface area contributed by atoms with Crippen LogP contribution in [-0.4, -0.2) is 44.7 Å². The second-order valence-corrected chi connectivity index (χ2v) is 5.50. The van der Waals surface area contributed by atoms with E-state index in [-0.39, 0.29) is 24.5 Å².